The zero-order valence-corrected chi connectivity index (χ0v) is 13.3. The van der Waals surface area contributed by atoms with Gasteiger partial charge in [0.2, 0.25) is 0 Å². The Balaban J connectivity index is 2.08. The van der Waals surface area contributed by atoms with Crippen LogP contribution in [0.2, 0.25) is 0 Å². The second-order valence-corrected chi connectivity index (χ2v) is 5.71. The fourth-order valence-electron chi connectivity index (χ4n) is 2.12. The lowest BCUT2D eigenvalue weighted by Crippen LogP contribution is -2.23. The van der Waals surface area contributed by atoms with Gasteiger partial charge in [-0.3, -0.25) is 4.98 Å². The normalized spacial score (nSPS) is 10.9. The molecule has 0 unspecified atom stereocenters. The number of nitrogens with one attached hydrogen (secondary N) is 1. The molecule has 0 aliphatic rings. The van der Waals surface area contributed by atoms with Crippen molar-refractivity contribution in [2.24, 2.45) is 0 Å². The molecule has 2 aromatic rings. The van der Waals surface area contributed by atoms with Crippen molar-refractivity contribution in [2.75, 3.05) is 0 Å². The SMILES string of the molecule is Cc1cccc(COc2ccc(C)nc2CNC(C)C)c1. The van der Waals surface area contributed by atoms with Crippen LogP contribution >= 0.6 is 0 Å². The Kier molecular flexibility index (Phi) is 5.34. The largest absolute Gasteiger partial charge is 0.487 e. The number of aryl methyl sites for hydroxylation is 2. The predicted molar refractivity (Wildman–Crippen MR) is 86.5 cm³/mol. The van der Waals surface area contributed by atoms with E-state index in [2.05, 4.69) is 55.3 Å². The summed E-state index contributed by atoms with van der Waals surface area (Å²) in [6.45, 7) is 9.65. The third kappa shape index (κ3) is 4.87. The van der Waals surface area contributed by atoms with Crippen molar-refractivity contribution in [3.63, 3.8) is 0 Å². The zero-order valence-electron chi connectivity index (χ0n) is 13.3. The molecule has 0 fully saturated rings. The quantitative estimate of drug-likeness (QED) is 0.876. The number of pyridine rings is 1. The minimum Gasteiger partial charge on any atom is -0.487 e. The fourth-order valence-corrected chi connectivity index (χ4v) is 2.12. The van der Waals surface area contributed by atoms with E-state index in [0.29, 0.717) is 12.6 Å². The van der Waals surface area contributed by atoms with Crippen molar-refractivity contribution in [3.05, 3.63) is 58.9 Å². The molecule has 0 atom stereocenters. The first-order valence-corrected chi connectivity index (χ1v) is 7.43. The third-order valence-electron chi connectivity index (χ3n) is 3.23. The molecule has 1 heterocycles. The molecule has 21 heavy (non-hydrogen) atoms. The molecule has 1 N–H and O–H groups in total. The van der Waals surface area contributed by atoms with Crippen molar-refractivity contribution in [1.29, 1.82) is 0 Å². The first-order valence-electron chi connectivity index (χ1n) is 7.43. The molecule has 3 heteroatoms. The highest BCUT2D eigenvalue weighted by molar-refractivity contribution is 5.30. The Morgan fingerprint density at radius 1 is 1.14 bits per heavy atom. The molecule has 112 valence electrons. The third-order valence-corrected chi connectivity index (χ3v) is 3.23. The lowest BCUT2D eigenvalue weighted by molar-refractivity contribution is 0.299. The number of hydrogen-bond acceptors (Lipinski definition) is 3. The van der Waals surface area contributed by atoms with Gasteiger partial charge in [-0.15, -0.1) is 0 Å². The average Bonchev–Trinajstić information content (AvgIpc) is 2.44. The Hall–Kier alpha value is -1.87. The predicted octanol–water partition coefficient (Wildman–Crippen LogP) is 3.78. The molecule has 1 aromatic heterocycles. The van der Waals surface area contributed by atoms with Gasteiger partial charge >= 0.3 is 0 Å². The summed E-state index contributed by atoms with van der Waals surface area (Å²) in [5.74, 6) is 0.857. The van der Waals surface area contributed by atoms with E-state index in [1.54, 1.807) is 0 Å². The summed E-state index contributed by atoms with van der Waals surface area (Å²) in [7, 11) is 0. The van der Waals surface area contributed by atoms with Crippen LogP contribution < -0.4 is 10.1 Å². The van der Waals surface area contributed by atoms with Gasteiger partial charge in [-0.2, -0.15) is 0 Å². The van der Waals surface area contributed by atoms with Crippen LogP contribution in [0.4, 0.5) is 0 Å². The molecule has 0 aliphatic carbocycles. The summed E-state index contributed by atoms with van der Waals surface area (Å²) >= 11 is 0. The fraction of sp³-hybridized carbons (Fsp3) is 0.389. The van der Waals surface area contributed by atoms with Crippen molar-refractivity contribution in [3.8, 4) is 5.75 Å². The van der Waals surface area contributed by atoms with Gasteiger partial charge < -0.3 is 10.1 Å². The average molecular weight is 284 g/mol. The maximum atomic E-state index is 5.96. The Bertz CT molecular complexity index is 594. The van der Waals surface area contributed by atoms with E-state index >= 15 is 0 Å². The van der Waals surface area contributed by atoms with Gasteiger partial charge in [-0.05, 0) is 31.5 Å². The standard InChI is InChI=1S/C18H24N2O/c1-13(2)19-11-17-18(9-8-15(4)20-17)21-12-16-7-5-6-14(3)10-16/h5-10,13,19H,11-12H2,1-4H3. The van der Waals surface area contributed by atoms with E-state index in [1.165, 1.54) is 11.1 Å². The zero-order chi connectivity index (χ0) is 15.2. The van der Waals surface area contributed by atoms with E-state index in [1.807, 2.05) is 19.1 Å². The first-order chi connectivity index (χ1) is 10.0. The minimum absolute atomic E-state index is 0.428. The number of rotatable bonds is 6. The van der Waals surface area contributed by atoms with Crippen molar-refractivity contribution in [1.82, 2.24) is 10.3 Å². The monoisotopic (exact) mass is 284 g/mol. The van der Waals surface area contributed by atoms with Crippen molar-refractivity contribution < 1.29 is 4.74 Å². The second-order valence-electron chi connectivity index (χ2n) is 5.71. The lowest BCUT2D eigenvalue weighted by Gasteiger charge is -2.14. The molecule has 0 spiro atoms. The summed E-state index contributed by atoms with van der Waals surface area (Å²) in [6, 6.07) is 12.8. The lowest BCUT2D eigenvalue weighted by atomic mass is 10.1. The Morgan fingerprint density at radius 3 is 2.67 bits per heavy atom. The van der Waals surface area contributed by atoms with E-state index in [4.69, 9.17) is 4.74 Å². The highest BCUT2D eigenvalue weighted by Crippen LogP contribution is 2.19. The van der Waals surface area contributed by atoms with Crippen LogP contribution in [0.1, 0.15) is 36.4 Å². The van der Waals surface area contributed by atoms with Gasteiger partial charge in [0.1, 0.15) is 12.4 Å². The van der Waals surface area contributed by atoms with Crippen LogP contribution in [0.3, 0.4) is 0 Å². The highest BCUT2D eigenvalue weighted by Gasteiger charge is 2.07. The van der Waals surface area contributed by atoms with Gasteiger partial charge in [0, 0.05) is 18.3 Å². The molecule has 0 amide bonds. The van der Waals surface area contributed by atoms with Gasteiger partial charge in [-0.25, -0.2) is 0 Å². The number of benzene rings is 1. The van der Waals surface area contributed by atoms with Crippen LogP contribution in [0, 0.1) is 13.8 Å². The van der Waals surface area contributed by atoms with Crippen LogP contribution in [-0.2, 0) is 13.2 Å². The molecule has 3 nitrogen and oxygen atoms in total. The molecule has 0 saturated carbocycles. The van der Waals surface area contributed by atoms with Gasteiger partial charge in [0.15, 0.2) is 0 Å². The smallest absolute Gasteiger partial charge is 0.142 e. The first kappa shape index (κ1) is 15.5. The van der Waals surface area contributed by atoms with Crippen LogP contribution in [0.25, 0.3) is 0 Å². The molecule has 0 saturated heterocycles. The van der Waals surface area contributed by atoms with Crippen molar-refractivity contribution >= 4 is 0 Å². The summed E-state index contributed by atoms with van der Waals surface area (Å²) in [6.07, 6.45) is 0. The maximum absolute atomic E-state index is 5.96. The van der Waals surface area contributed by atoms with Crippen LogP contribution in [0.15, 0.2) is 36.4 Å². The van der Waals surface area contributed by atoms with Gasteiger partial charge in [0.05, 0.1) is 5.69 Å². The van der Waals surface area contributed by atoms with Gasteiger partial charge in [-0.1, -0.05) is 43.7 Å². The minimum atomic E-state index is 0.428. The van der Waals surface area contributed by atoms with E-state index in [0.717, 1.165) is 23.7 Å². The highest BCUT2D eigenvalue weighted by atomic mass is 16.5. The molecule has 0 aliphatic heterocycles. The molecule has 0 radical (unpaired) electrons. The summed E-state index contributed by atoms with van der Waals surface area (Å²) in [5.41, 5.74) is 4.41. The topological polar surface area (TPSA) is 34.1 Å². The Labute approximate surface area is 127 Å². The van der Waals surface area contributed by atoms with Crippen molar-refractivity contribution in [2.45, 2.75) is 46.9 Å². The summed E-state index contributed by atoms with van der Waals surface area (Å²) in [4.78, 5) is 4.59. The number of hydrogen-bond donors (Lipinski definition) is 1. The number of aromatic nitrogens is 1. The van der Waals surface area contributed by atoms with E-state index < -0.39 is 0 Å². The second kappa shape index (κ2) is 7.23. The number of ether oxygens (including phenoxy) is 1. The molecule has 1 aromatic carbocycles. The summed E-state index contributed by atoms with van der Waals surface area (Å²) < 4.78 is 5.96. The molecular formula is C18H24N2O. The summed E-state index contributed by atoms with van der Waals surface area (Å²) in [5, 5.41) is 3.39. The van der Waals surface area contributed by atoms with E-state index in [-0.39, 0.29) is 0 Å². The molecule has 0 bridgehead atoms. The Morgan fingerprint density at radius 2 is 1.95 bits per heavy atom. The van der Waals surface area contributed by atoms with Gasteiger partial charge in [0.25, 0.3) is 0 Å². The maximum Gasteiger partial charge on any atom is 0.142 e. The van der Waals surface area contributed by atoms with Crippen LogP contribution in [-0.4, -0.2) is 11.0 Å². The number of nitrogens with zero attached hydrogens (tertiary/aromatic N) is 1. The molecular weight excluding hydrogens is 260 g/mol. The molecule has 2 rings (SSSR count). The van der Waals surface area contributed by atoms with E-state index in [9.17, 15) is 0 Å². The van der Waals surface area contributed by atoms with Crippen LogP contribution in [0.5, 0.6) is 5.75 Å².